The fraction of sp³-hybridized carbons (Fsp3) is 0.600. The van der Waals surface area contributed by atoms with E-state index in [-0.39, 0.29) is 10.6 Å². The molecule has 0 spiro atoms. The Bertz CT molecular complexity index is 612. The van der Waals surface area contributed by atoms with Gasteiger partial charge < -0.3 is 5.73 Å². The molecule has 0 amide bonds. The lowest BCUT2D eigenvalue weighted by Crippen LogP contribution is -2.45. The third-order valence-corrected chi connectivity index (χ3v) is 6.81. The monoisotopic (exact) mass is 312 g/mol. The minimum Gasteiger partial charge on any atom is -0.398 e. The van der Waals surface area contributed by atoms with Crippen LogP contribution >= 0.6 is 0 Å². The number of hydrogen-bond acceptors (Lipinski definition) is 3. The average Bonchev–Trinajstić information content (AvgIpc) is 2.46. The molecule has 1 aromatic carbocycles. The standard InChI is InChI=1S/C15H21FN2O2S/c16-13-6-3-7-14(17)15(13)21(19,20)18-9-8-11-4-1-2-5-12(11)10-18/h3,6-7,11-12H,1-2,4-5,8-10,17H2. The minimum atomic E-state index is -3.84. The van der Waals surface area contributed by atoms with E-state index in [1.165, 1.54) is 29.3 Å². The van der Waals surface area contributed by atoms with Crippen molar-refractivity contribution in [2.75, 3.05) is 18.8 Å². The summed E-state index contributed by atoms with van der Waals surface area (Å²) in [4.78, 5) is -0.362. The molecule has 2 unspecified atom stereocenters. The topological polar surface area (TPSA) is 63.4 Å². The molecule has 1 saturated carbocycles. The summed E-state index contributed by atoms with van der Waals surface area (Å²) in [6.45, 7) is 0.970. The van der Waals surface area contributed by atoms with E-state index in [1.807, 2.05) is 0 Å². The maximum atomic E-state index is 13.9. The molecule has 1 aliphatic carbocycles. The zero-order chi connectivity index (χ0) is 15.0. The molecule has 1 aromatic rings. The van der Waals surface area contributed by atoms with E-state index in [9.17, 15) is 12.8 Å². The Hall–Kier alpha value is -1.14. The van der Waals surface area contributed by atoms with Crippen LogP contribution in [0, 0.1) is 17.7 Å². The predicted octanol–water partition coefficient (Wildman–Crippen LogP) is 2.61. The van der Waals surface area contributed by atoms with Crippen LogP contribution < -0.4 is 5.73 Å². The summed E-state index contributed by atoms with van der Waals surface area (Å²) in [6.07, 6.45) is 5.55. The Labute approximate surface area is 125 Å². The second kappa shape index (κ2) is 5.57. The summed E-state index contributed by atoms with van der Waals surface area (Å²) >= 11 is 0. The molecule has 1 aliphatic heterocycles. The molecule has 2 atom stereocenters. The molecule has 1 saturated heterocycles. The molecule has 0 radical (unpaired) electrons. The zero-order valence-corrected chi connectivity index (χ0v) is 12.8. The lowest BCUT2D eigenvalue weighted by Gasteiger charge is -2.40. The van der Waals surface area contributed by atoms with Crippen molar-refractivity contribution >= 4 is 15.7 Å². The highest BCUT2D eigenvalue weighted by atomic mass is 32.2. The summed E-state index contributed by atoms with van der Waals surface area (Å²) in [5.74, 6) is 0.277. The third kappa shape index (κ3) is 2.66. The molecule has 0 aromatic heterocycles. The van der Waals surface area contributed by atoms with Gasteiger partial charge in [0.15, 0.2) is 0 Å². The molecule has 1 heterocycles. The SMILES string of the molecule is Nc1cccc(F)c1S(=O)(=O)N1CCC2CCCCC2C1. The van der Waals surface area contributed by atoms with Crippen LogP contribution in [0.3, 0.4) is 0 Å². The lowest BCUT2D eigenvalue weighted by molar-refractivity contribution is 0.136. The quantitative estimate of drug-likeness (QED) is 0.854. The van der Waals surface area contributed by atoms with Gasteiger partial charge in [0.1, 0.15) is 10.7 Å². The number of nitrogen functional groups attached to an aromatic ring is 1. The van der Waals surface area contributed by atoms with Crippen LogP contribution in [-0.4, -0.2) is 25.8 Å². The van der Waals surface area contributed by atoms with Gasteiger partial charge in [-0.25, -0.2) is 12.8 Å². The van der Waals surface area contributed by atoms with Gasteiger partial charge in [-0.3, -0.25) is 0 Å². The number of rotatable bonds is 2. The molecule has 2 aliphatic rings. The van der Waals surface area contributed by atoms with Gasteiger partial charge in [0.2, 0.25) is 10.0 Å². The maximum absolute atomic E-state index is 13.9. The number of halogens is 1. The number of nitrogens with two attached hydrogens (primary N) is 1. The van der Waals surface area contributed by atoms with Crippen LogP contribution in [0.1, 0.15) is 32.1 Å². The van der Waals surface area contributed by atoms with Crippen molar-refractivity contribution in [1.29, 1.82) is 0 Å². The van der Waals surface area contributed by atoms with E-state index < -0.39 is 15.8 Å². The highest BCUT2D eigenvalue weighted by Crippen LogP contribution is 2.38. The van der Waals surface area contributed by atoms with Crippen molar-refractivity contribution in [3.8, 4) is 0 Å². The van der Waals surface area contributed by atoms with Crippen LogP contribution in [0.25, 0.3) is 0 Å². The molecular formula is C15H21FN2O2S. The van der Waals surface area contributed by atoms with Crippen LogP contribution in [0.15, 0.2) is 23.1 Å². The number of hydrogen-bond donors (Lipinski definition) is 1. The van der Waals surface area contributed by atoms with Gasteiger partial charge in [0.05, 0.1) is 5.69 Å². The Morgan fingerprint density at radius 1 is 1.14 bits per heavy atom. The second-order valence-corrected chi connectivity index (χ2v) is 7.99. The molecule has 116 valence electrons. The highest BCUT2D eigenvalue weighted by Gasteiger charge is 2.38. The van der Waals surface area contributed by atoms with Crippen molar-refractivity contribution in [2.45, 2.75) is 37.0 Å². The summed E-state index contributed by atoms with van der Waals surface area (Å²) in [5.41, 5.74) is 5.69. The Morgan fingerprint density at radius 3 is 2.57 bits per heavy atom. The van der Waals surface area contributed by atoms with Gasteiger partial charge in [0, 0.05) is 13.1 Å². The average molecular weight is 312 g/mol. The summed E-state index contributed by atoms with van der Waals surface area (Å²) in [6, 6.07) is 4.01. The summed E-state index contributed by atoms with van der Waals surface area (Å²) in [7, 11) is -3.84. The van der Waals surface area contributed by atoms with E-state index in [0.29, 0.717) is 24.9 Å². The molecule has 2 N–H and O–H groups in total. The number of piperidine rings is 1. The molecule has 4 nitrogen and oxygen atoms in total. The predicted molar refractivity (Wildman–Crippen MR) is 79.6 cm³/mol. The summed E-state index contributed by atoms with van der Waals surface area (Å²) in [5, 5.41) is 0. The Kier molecular flexibility index (Phi) is 3.92. The van der Waals surface area contributed by atoms with Gasteiger partial charge in [-0.1, -0.05) is 25.3 Å². The Balaban J connectivity index is 1.89. The van der Waals surface area contributed by atoms with Gasteiger partial charge in [-0.15, -0.1) is 0 Å². The number of nitrogens with zero attached hydrogens (tertiary/aromatic N) is 1. The smallest absolute Gasteiger partial charge is 0.248 e. The fourth-order valence-electron chi connectivity index (χ4n) is 3.71. The van der Waals surface area contributed by atoms with E-state index in [0.717, 1.165) is 25.3 Å². The largest absolute Gasteiger partial charge is 0.398 e. The van der Waals surface area contributed by atoms with Gasteiger partial charge >= 0.3 is 0 Å². The Morgan fingerprint density at radius 2 is 1.86 bits per heavy atom. The van der Waals surface area contributed by atoms with Crippen molar-refractivity contribution < 1.29 is 12.8 Å². The number of benzene rings is 1. The molecular weight excluding hydrogens is 291 g/mol. The fourth-order valence-corrected chi connectivity index (χ4v) is 5.38. The molecule has 21 heavy (non-hydrogen) atoms. The van der Waals surface area contributed by atoms with Gasteiger partial charge in [-0.2, -0.15) is 4.31 Å². The van der Waals surface area contributed by atoms with Crippen LogP contribution in [-0.2, 0) is 10.0 Å². The van der Waals surface area contributed by atoms with Crippen LogP contribution in [0.5, 0.6) is 0 Å². The first kappa shape index (κ1) is 14.8. The number of fused-ring (bicyclic) bond motifs is 1. The zero-order valence-electron chi connectivity index (χ0n) is 12.0. The van der Waals surface area contributed by atoms with E-state index in [1.54, 1.807) is 0 Å². The van der Waals surface area contributed by atoms with E-state index in [4.69, 9.17) is 5.73 Å². The van der Waals surface area contributed by atoms with Crippen molar-refractivity contribution in [3.05, 3.63) is 24.0 Å². The third-order valence-electron chi connectivity index (χ3n) is 4.85. The first-order valence-electron chi connectivity index (χ1n) is 7.54. The molecule has 3 rings (SSSR count). The van der Waals surface area contributed by atoms with Crippen molar-refractivity contribution in [1.82, 2.24) is 4.31 Å². The lowest BCUT2D eigenvalue weighted by atomic mass is 9.76. The molecule has 6 heteroatoms. The van der Waals surface area contributed by atoms with Gasteiger partial charge in [0.25, 0.3) is 0 Å². The van der Waals surface area contributed by atoms with E-state index in [2.05, 4.69) is 0 Å². The molecule has 2 fully saturated rings. The molecule has 0 bridgehead atoms. The second-order valence-electron chi connectivity index (χ2n) is 6.11. The summed E-state index contributed by atoms with van der Waals surface area (Å²) < 4.78 is 40.8. The van der Waals surface area contributed by atoms with Crippen LogP contribution in [0.2, 0.25) is 0 Å². The number of anilines is 1. The minimum absolute atomic E-state index is 0.0132. The van der Waals surface area contributed by atoms with Crippen LogP contribution in [0.4, 0.5) is 10.1 Å². The van der Waals surface area contributed by atoms with Gasteiger partial charge in [-0.05, 0) is 36.8 Å². The normalized spacial score (nSPS) is 27.3. The van der Waals surface area contributed by atoms with Crippen molar-refractivity contribution in [3.63, 3.8) is 0 Å². The highest BCUT2D eigenvalue weighted by molar-refractivity contribution is 7.89. The number of sulfonamides is 1. The van der Waals surface area contributed by atoms with Crippen molar-refractivity contribution in [2.24, 2.45) is 11.8 Å². The maximum Gasteiger partial charge on any atom is 0.248 e. The van der Waals surface area contributed by atoms with E-state index >= 15 is 0 Å². The first-order chi connectivity index (χ1) is 10.00. The first-order valence-corrected chi connectivity index (χ1v) is 8.98.